The normalized spacial score (nSPS) is 17.8. The molecule has 1 heterocycles. The molecule has 2 aromatic carbocycles. The number of rotatable bonds is 8. The number of piperazine rings is 1. The maximum atomic E-state index is 13.1. The third-order valence-corrected chi connectivity index (χ3v) is 7.85. The van der Waals surface area contributed by atoms with Crippen LogP contribution >= 0.6 is 0 Å². The highest BCUT2D eigenvalue weighted by molar-refractivity contribution is 7.89. The van der Waals surface area contributed by atoms with Gasteiger partial charge in [-0.15, -0.1) is 0 Å². The van der Waals surface area contributed by atoms with E-state index >= 15 is 0 Å². The van der Waals surface area contributed by atoms with Gasteiger partial charge in [0.15, 0.2) is 0 Å². The van der Waals surface area contributed by atoms with Crippen LogP contribution in [0, 0.1) is 5.82 Å². The lowest BCUT2D eigenvalue weighted by Gasteiger charge is -2.36. The minimum Gasteiger partial charge on any atom is -0.354 e. The first-order valence-corrected chi connectivity index (χ1v) is 12.1. The average molecular weight is 448 g/mol. The van der Waals surface area contributed by atoms with Crippen LogP contribution in [0.5, 0.6) is 0 Å². The Bertz CT molecular complexity index is 959. The van der Waals surface area contributed by atoms with Crippen LogP contribution in [0.25, 0.3) is 0 Å². The Morgan fingerprint density at radius 2 is 1.65 bits per heavy atom. The second-order valence-corrected chi connectivity index (χ2v) is 9.77. The summed E-state index contributed by atoms with van der Waals surface area (Å²) in [7, 11) is -3.66. The molecule has 1 aliphatic rings. The van der Waals surface area contributed by atoms with Crippen LogP contribution in [0.3, 0.4) is 0 Å². The number of hydrogen-bond donors (Lipinski definition) is 1. The largest absolute Gasteiger partial charge is 0.354 e. The van der Waals surface area contributed by atoms with Crippen molar-refractivity contribution in [2.24, 2.45) is 0 Å². The number of hydrogen-bond acceptors (Lipinski definition) is 4. The van der Waals surface area contributed by atoms with Gasteiger partial charge in [-0.3, -0.25) is 9.69 Å². The van der Waals surface area contributed by atoms with Crippen molar-refractivity contribution in [3.8, 4) is 0 Å². The van der Waals surface area contributed by atoms with E-state index in [0.717, 1.165) is 18.6 Å². The van der Waals surface area contributed by atoms with E-state index in [-0.39, 0.29) is 22.8 Å². The minimum absolute atomic E-state index is 0.0516. The number of amides is 1. The van der Waals surface area contributed by atoms with Gasteiger partial charge in [-0.05, 0) is 43.2 Å². The first-order valence-electron chi connectivity index (χ1n) is 10.7. The lowest BCUT2D eigenvalue weighted by atomic mass is 9.96. The van der Waals surface area contributed by atoms with Crippen LogP contribution in [0.2, 0.25) is 0 Å². The number of carbonyl (C=O) groups is 1. The van der Waals surface area contributed by atoms with E-state index in [1.165, 1.54) is 22.0 Å². The lowest BCUT2D eigenvalue weighted by Crippen LogP contribution is -2.55. The van der Waals surface area contributed by atoms with E-state index in [4.69, 9.17) is 0 Å². The summed E-state index contributed by atoms with van der Waals surface area (Å²) in [4.78, 5) is 14.8. The number of sulfonamides is 1. The summed E-state index contributed by atoms with van der Waals surface area (Å²) in [6.45, 7) is 6.03. The Morgan fingerprint density at radius 3 is 2.23 bits per heavy atom. The van der Waals surface area contributed by atoms with Crippen molar-refractivity contribution >= 4 is 15.9 Å². The van der Waals surface area contributed by atoms with Gasteiger partial charge in [0.1, 0.15) is 5.82 Å². The van der Waals surface area contributed by atoms with Crippen LogP contribution in [-0.2, 0) is 14.8 Å². The van der Waals surface area contributed by atoms with Crippen LogP contribution in [0.15, 0.2) is 59.5 Å². The fourth-order valence-electron chi connectivity index (χ4n) is 3.85. The van der Waals surface area contributed by atoms with E-state index in [2.05, 4.69) is 24.4 Å². The number of carbonyl (C=O) groups excluding carboxylic acids is 1. The Balaban J connectivity index is 1.53. The molecule has 1 aliphatic heterocycles. The zero-order valence-electron chi connectivity index (χ0n) is 18.0. The summed E-state index contributed by atoms with van der Waals surface area (Å²) in [5, 5.41) is 3.05. The highest BCUT2D eigenvalue weighted by atomic mass is 32.2. The van der Waals surface area contributed by atoms with Gasteiger partial charge in [-0.25, -0.2) is 12.8 Å². The predicted octanol–water partition coefficient (Wildman–Crippen LogP) is 2.83. The fourth-order valence-corrected chi connectivity index (χ4v) is 5.27. The number of halogens is 1. The quantitative estimate of drug-likeness (QED) is 0.676. The number of benzene rings is 2. The zero-order valence-corrected chi connectivity index (χ0v) is 18.8. The summed E-state index contributed by atoms with van der Waals surface area (Å²) in [6, 6.07) is 14.6. The second kappa shape index (κ2) is 10.3. The predicted molar refractivity (Wildman–Crippen MR) is 119 cm³/mol. The molecule has 31 heavy (non-hydrogen) atoms. The molecule has 2 aromatic rings. The van der Waals surface area contributed by atoms with Crippen LogP contribution in [-0.4, -0.2) is 62.3 Å². The van der Waals surface area contributed by atoms with Crippen molar-refractivity contribution in [2.75, 3.05) is 32.7 Å². The molecule has 1 N–H and O–H groups in total. The van der Waals surface area contributed by atoms with Gasteiger partial charge in [0.2, 0.25) is 15.9 Å². The van der Waals surface area contributed by atoms with Gasteiger partial charge in [0, 0.05) is 38.6 Å². The van der Waals surface area contributed by atoms with Crippen molar-refractivity contribution < 1.29 is 17.6 Å². The Morgan fingerprint density at radius 1 is 1.03 bits per heavy atom. The van der Waals surface area contributed by atoms with Crippen molar-refractivity contribution in [3.05, 3.63) is 66.0 Å². The third-order valence-electron chi connectivity index (χ3n) is 5.94. The first-order chi connectivity index (χ1) is 14.8. The van der Waals surface area contributed by atoms with E-state index in [9.17, 15) is 17.6 Å². The molecule has 1 amide bonds. The maximum absolute atomic E-state index is 13.1. The van der Waals surface area contributed by atoms with Crippen molar-refractivity contribution in [1.29, 1.82) is 0 Å². The lowest BCUT2D eigenvalue weighted by molar-refractivity contribution is -0.126. The van der Waals surface area contributed by atoms with E-state index in [0.29, 0.717) is 32.7 Å². The highest BCUT2D eigenvalue weighted by Gasteiger charge is 2.31. The molecule has 0 aliphatic carbocycles. The molecule has 2 atom stereocenters. The maximum Gasteiger partial charge on any atom is 0.243 e. The molecule has 0 unspecified atom stereocenters. The highest BCUT2D eigenvalue weighted by Crippen LogP contribution is 2.20. The summed E-state index contributed by atoms with van der Waals surface area (Å²) >= 11 is 0. The second-order valence-electron chi connectivity index (χ2n) is 7.83. The molecule has 0 saturated carbocycles. The summed E-state index contributed by atoms with van der Waals surface area (Å²) in [5.74, 6) is -0.263. The Labute approximate surface area is 184 Å². The number of nitrogens with zero attached hydrogens (tertiary/aromatic N) is 2. The summed E-state index contributed by atoms with van der Waals surface area (Å²) < 4.78 is 40.0. The molecule has 6 nitrogen and oxygen atoms in total. The zero-order chi connectivity index (χ0) is 22.4. The van der Waals surface area contributed by atoms with Gasteiger partial charge >= 0.3 is 0 Å². The van der Waals surface area contributed by atoms with E-state index < -0.39 is 15.8 Å². The van der Waals surface area contributed by atoms with Crippen molar-refractivity contribution in [2.45, 2.75) is 37.1 Å². The fraction of sp³-hybridized carbons (Fsp3) is 0.435. The van der Waals surface area contributed by atoms with Gasteiger partial charge in [0.05, 0.1) is 10.9 Å². The van der Waals surface area contributed by atoms with Gasteiger partial charge in [-0.1, -0.05) is 37.3 Å². The van der Waals surface area contributed by atoms with Crippen LogP contribution in [0.1, 0.15) is 31.7 Å². The molecule has 1 fully saturated rings. The van der Waals surface area contributed by atoms with E-state index in [1.54, 1.807) is 0 Å². The standard InChI is InChI=1S/C23H30FN3O3S/c1-3-19(20-7-5-4-6-8-20)17-25-23(28)18(2)26-13-15-27(16-14-26)31(29,30)22-11-9-21(24)10-12-22/h4-12,18-19H,3,13-17H2,1-2H3,(H,25,28)/t18-,19+/m1/s1. The van der Waals surface area contributed by atoms with Gasteiger partial charge in [-0.2, -0.15) is 4.31 Å². The van der Waals surface area contributed by atoms with Crippen LogP contribution < -0.4 is 5.32 Å². The third kappa shape index (κ3) is 5.70. The summed E-state index contributed by atoms with van der Waals surface area (Å²) in [6.07, 6.45) is 0.929. The molecule has 168 valence electrons. The molecular weight excluding hydrogens is 417 g/mol. The van der Waals surface area contributed by atoms with Crippen molar-refractivity contribution in [1.82, 2.24) is 14.5 Å². The number of nitrogens with one attached hydrogen (secondary N) is 1. The average Bonchev–Trinajstić information content (AvgIpc) is 2.80. The Hall–Kier alpha value is -2.29. The molecule has 0 aromatic heterocycles. The molecule has 3 rings (SSSR count). The summed E-state index contributed by atoms with van der Waals surface area (Å²) in [5.41, 5.74) is 1.21. The van der Waals surface area contributed by atoms with Gasteiger partial charge < -0.3 is 5.32 Å². The minimum atomic E-state index is -3.66. The molecular formula is C23H30FN3O3S. The Kier molecular flexibility index (Phi) is 7.80. The SMILES string of the molecule is CC[C@@H](CNC(=O)[C@@H](C)N1CCN(S(=O)(=O)c2ccc(F)cc2)CC1)c1ccccc1. The monoisotopic (exact) mass is 447 g/mol. The smallest absolute Gasteiger partial charge is 0.243 e. The molecule has 1 saturated heterocycles. The first kappa shape index (κ1) is 23.4. The molecule has 0 spiro atoms. The van der Waals surface area contributed by atoms with Gasteiger partial charge in [0.25, 0.3) is 0 Å². The molecule has 0 radical (unpaired) electrons. The van der Waals surface area contributed by atoms with Crippen molar-refractivity contribution in [3.63, 3.8) is 0 Å². The topological polar surface area (TPSA) is 69.7 Å². The van der Waals surface area contributed by atoms with Crippen LogP contribution in [0.4, 0.5) is 4.39 Å². The molecule has 8 heteroatoms. The molecule has 0 bridgehead atoms. The van der Waals surface area contributed by atoms with E-state index in [1.807, 2.05) is 30.0 Å².